The molecule has 1 atom stereocenters. The van der Waals surface area contributed by atoms with Crippen LogP contribution in [-0.2, 0) is 7.05 Å². The van der Waals surface area contributed by atoms with Crippen LogP contribution in [0.5, 0.6) is 0 Å². The van der Waals surface area contributed by atoms with Crippen LogP contribution in [0, 0.1) is 5.82 Å². The van der Waals surface area contributed by atoms with Crippen molar-refractivity contribution in [1.29, 1.82) is 0 Å². The number of urea groups is 1. The van der Waals surface area contributed by atoms with E-state index in [0.717, 1.165) is 5.56 Å². The molecule has 1 aliphatic rings. The van der Waals surface area contributed by atoms with E-state index in [2.05, 4.69) is 9.97 Å². The highest BCUT2D eigenvalue weighted by molar-refractivity contribution is 6.01. The number of hydrogen-bond acceptors (Lipinski definition) is 4. The zero-order valence-electron chi connectivity index (χ0n) is 17.9. The molecule has 0 spiro atoms. The molecule has 2 N–H and O–H groups in total. The molecule has 2 aromatic carbocycles. The summed E-state index contributed by atoms with van der Waals surface area (Å²) in [5.41, 5.74) is 9.30. The maximum Gasteiger partial charge on any atom is 0.325 e. The average Bonchev–Trinajstić information content (AvgIpc) is 3.34. The first-order valence-corrected chi connectivity index (χ1v) is 10.4. The summed E-state index contributed by atoms with van der Waals surface area (Å²) in [5, 5.41) is 0.613. The molecule has 1 saturated heterocycles. The molecule has 32 heavy (non-hydrogen) atoms. The normalized spacial score (nSPS) is 15.0. The standard InChI is InChI=1S/C24H23FN6O/c1-15(16-6-4-3-5-7-16)30-10-11-31(24(30)32)17-8-9-18(20(25)12-17)19-13-29(2)23-21(19)22(26)27-14-28-23/h3-9,12-15H,10-11H2,1-2H3,(H2,26,27,28). The monoisotopic (exact) mass is 430 g/mol. The van der Waals surface area contributed by atoms with Crippen molar-refractivity contribution in [2.75, 3.05) is 23.7 Å². The number of amides is 2. The third-order valence-corrected chi connectivity index (χ3v) is 6.13. The van der Waals surface area contributed by atoms with Gasteiger partial charge < -0.3 is 15.2 Å². The summed E-state index contributed by atoms with van der Waals surface area (Å²) >= 11 is 0. The first kappa shape index (κ1) is 20.0. The van der Waals surface area contributed by atoms with Gasteiger partial charge in [0.2, 0.25) is 0 Å². The van der Waals surface area contributed by atoms with Crippen molar-refractivity contribution in [2.45, 2.75) is 13.0 Å². The van der Waals surface area contributed by atoms with E-state index in [-0.39, 0.29) is 12.1 Å². The van der Waals surface area contributed by atoms with E-state index in [9.17, 15) is 4.79 Å². The lowest BCUT2D eigenvalue weighted by Gasteiger charge is -2.25. The summed E-state index contributed by atoms with van der Waals surface area (Å²) in [6.45, 7) is 3.09. The zero-order chi connectivity index (χ0) is 22.4. The van der Waals surface area contributed by atoms with Gasteiger partial charge in [0.25, 0.3) is 0 Å². The second-order valence-corrected chi connectivity index (χ2v) is 7.99. The van der Waals surface area contributed by atoms with Crippen molar-refractivity contribution in [3.8, 4) is 11.1 Å². The topological polar surface area (TPSA) is 80.3 Å². The molecular formula is C24H23FN6O. The minimum Gasteiger partial charge on any atom is -0.383 e. The van der Waals surface area contributed by atoms with E-state index in [1.54, 1.807) is 27.8 Å². The highest BCUT2D eigenvalue weighted by atomic mass is 19.1. The summed E-state index contributed by atoms with van der Waals surface area (Å²) in [4.78, 5) is 24.8. The Labute approximate surface area is 184 Å². The maximum absolute atomic E-state index is 15.3. The van der Waals surface area contributed by atoms with Gasteiger partial charge in [-0.15, -0.1) is 0 Å². The molecule has 2 aromatic heterocycles. The van der Waals surface area contributed by atoms with Crippen molar-refractivity contribution in [2.24, 2.45) is 7.05 Å². The summed E-state index contributed by atoms with van der Waals surface area (Å²) < 4.78 is 17.1. The Balaban J connectivity index is 1.45. The predicted octanol–water partition coefficient (Wildman–Crippen LogP) is 4.36. The fourth-order valence-corrected chi connectivity index (χ4v) is 4.39. The van der Waals surface area contributed by atoms with Crippen molar-refractivity contribution < 1.29 is 9.18 Å². The van der Waals surface area contributed by atoms with Crippen molar-refractivity contribution >= 4 is 28.6 Å². The van der Waals surface area contributed by atoms with E-state index < -0.39 is 5.82 Å². The number of carbonyl (C=O) groups is 1. The third-order valence-electron chi connectivity index (χ3n) is 6.13. The second kappa shape index (κ2) is 7.64. The molecule has 1 unspecified atom stereocenters. The van der Waals surface area contributed by atoms with Crippen LogP contribution in [0.4, 0.5) is 20.7 Å². The minimum absolute atomic E-state index is 0.0588. The molecular weight excluding hydrogens is 407 g/mol. The molecule has 0 bridgehead atoms. The lowest BCUT2D eigenvalue weighted by molar-refractivity contribution is 0.205. The number of nitrogens with two attached hydrogens (primary N) is 1. The van der Waals surface area contributed by atoms with E-state index >= 15 is 4.39 Å². The number of rotatable bonds is 4. The number of fused-ring (bicyclic) bond motifs is 1. The largest absolute Gasteiger partial charge is 0.383 e. The lowest BCUT2D eigenvalue weighted by Crippen LogP contribution is -2.33. The number of nitrogens with zero attached hydrogens (tertiary/aromatic N) is 5. The van der Waals surface area contributed by atoms with Gasteiger partial charge in [0.05, 0.1) is 11.4 Å². The van der Waals surface area contributed by atoms with Crippen LogP contribution < -0.4 is 10.6 Å². The predicted molar refractivity (Wildman–Crippen MR) is 123 cm³/mol. The van der Waals surface area contributed by atoms with Crippen LogP contribution in [0.25, 0.3) is 22.2 Å². The average molecular weight is 430 g/mol. The molecule has 7 nitrogen and oxygen atoms in total. The SMILES string of the molecule is CC(c1ccccc1)N1CCN(c2ccc(-c3cn(C)c4ncnc(N)c34)c(F)c2)C1=O. The van der Waals surface area contributed by atoms with Crippen molar-refractivity contribution in [3.63, 3.8) is 0 Å². The van der Waals surface area contributed by atoms with E-state index in [1.807, 2.05) is 49.2 Å². The van der Waals surface area contributed by atoms with Gasteiger partial charge in [-0.3, -0.25) is 4.90 Å². The molecule has 5 rings (SSSR count). The molecule has 3 heterocycles. The Hall–Kier alpha value is -3.94. The van der Waals surface area contributed by atoms with Gasteiger partial charge >= 0.3 is 6.03 Å². The van der Waals surface area contributed by atoms with Crippen LogP contribution in [-0.4, -0.2) is 38.6 Å². The number of aromatic nitrogens is 3. The number of benzene rings is 2. The van der Waals surface area contributed by atoms with Gasteiger partial charge in [-0.25, -0.2) is 19.2 Å². The summed E-state index contributed by atoms with van der Waals surface area (Å²) in [6.07, 6.45) is 3.18. The Morgan fingerprint density at radius 3 is 2.59 bits per heavy atom. The number of hydrogen-bond donors (Lipinski definition) is 1. The van der Waals surface area contributed by atoms with Crippen LogP contribution in [0.15, 0.2) is 61.1 Å². The Morgan fingerprint density at radius 2 is 1.84 bits per heavy atom. The smallest absolute Gasteiger partial charge is 0.325 e. The number of carbonyl (C=O) groups excluding carboxylic acids is 1. The van der Waals surface area contributed by atoms with Crippen molar-refractivity contribution in [1.82, 2.24) is 19.4 Å². The van der Waals surface area contributed by atoms with E-state index in [1.165, 1.54) is 12.4 Å². The molecule has 4 aromatic rings. The zero-order valence-corrected chi connectivity index (χ0v) is 17.9. The van der Waals surface area contributed by atoms with E-state index in [0.29, 0.717) is 46.8 Å². The van der Waals surface area contributed by atoms with E-state index in [4.69, 9.17) is 5.73 Å². The first-order valence-electron chi connectivity index (χ1n) is 10.4. The first-order chi connectivity index (χ1) is 15.5. The fraction of sp³-hybridized carbons (Fsp3) is 0.208. The Bertz CT molecular complexity index is 1320. The number of aryl methyl sites for hydroxylation is 1. The Morgan fingerprint density at radius 1 is 1.06 bits per heavy atom. The number of anilines is 2. The molecule has 8 heteroatoms. The lowest BCUT2D eigenvalue weighted by atomic mass is 10.0. The quantitative estimate of drug-likeness (QED) is 0.522. The van der Waals surface area contributed by atoms with Crippen LogP contribution in [0.2, 0.25) is 0 Å². The highest BCUT2D eigenvalue weighted by Gasteiger charge is 2.33. The number of nitrogen functional groups attached to an aromatic ring is 1. The van der Waals surface area contributed by atoms with Crippen molar-refractivity contribution in [3.05, 3.63) is 72.4 Å². The maximum atomic E-state index is 15.3. The molecule has 162 valence electrons. The van der Waals surface area contributed by atoms with Crippen LogP contribution in [0.3, 0.4) is 0 Å². The molecule has 0 radical (unpaired) electrons. The summed E-state index contributed by atoms with van der Waals surface area (Å²) in [7, 11) is 1.83. The third kappa shape index (κ3) is 3.15. The molecule has 2 amide bonds. The van der Waals surface area contributed by atoms with Gasteiger partial charge in [-0.1, -0.05) is 30.3 Å². The Kier molecular flexibility index (Phi) is 4.77. The highest BCUT2D eigenvalue weighted by Crippen LogP contribution is 2.36. The molecule has 1 fully saturated rings. The molecule has 1 aliphatic heterocycles. The second-order valence-electron chi connectivity index (χ2n) is 7.99. The van der Waals surface area contributed by atoms with Gasteiger partial charge in [0.1, 0.15) is 23.6 Å². The summed E-state index contributed by atoms with van der Waals surface area (Å²) in [6, 6.07) is 14.6. The van der Waals surface area contributed by atoms with Crippen LogP contribution in [0.1, 0.15) is 18.5 Å². The van der Waals surface area contributed by atoms with Gasteiger partial charge in [0.15, 0.2) is 0 Å². The van der Waals surface area contributed by atoms with Gasteiger partial charge in [0, 0.05) is 43.1 Å². The van der Waals surface area contributed by atoms with Gasteiger partial charge in [-0.05, 0) is 30.7 Å². The molecule has 0 aliphatic carbocycles. The van der Waals surface area contributed by atoms with Gasteiger partial charge in [-0.2, -0.15) is 0 Å². The summed E-state index contributed by atoms with van der Waals surface area (Å²) in [5.74, 6) is -0.130. The minimum atomic E-state index is -0.430. The fourth-order valence-electron chi connectivity index (χ4n) is 4.39. The van der Waals surface area contributed by atoms with Crippen LogP contribution >= 0.6 is 0 Å². The molecule has 0 saturated carbocycles. The number of halogens is 1.